The van der Waals surface area contributed by atoms with E-state index >= 15 is 0 Å². The number of aromatic nitrogens is 1. The van der Waals surface area contributed by atoms with Crippen LogP contribution in [0.1, 0.15) is 43.9 Å². The number of carbonyl (C=O) groups excluding carboxylic acids is 4. The number of imide groups is 1. The van der Waals surface area contributed by atoms with Crippen molar-refractivity contribution in [1.29, 1.82) is 0 Å². The normalized spacial score (nSPS) is 16.1. The Hall–Kier alpha value is -3.55. The lowest BCUT2D eigenvalue weighted by Gasteiger charge is -2.35. The minimum atomic E-state index is -0.300. The van der Waals surface area contributed by atoms with Crippen molar-refractivity contribution >= 4 is 23.6 Å². The molecule has 2 aliphatic rings. The highest BCUT2D eigenvalue weighted by molar-refractivity contribution is 6.21. The quantitative estimate of drug-likeness (QED) is 0.701. The molecule has 0 unspecified atom stereocenters. The molecule has 0 aliphatic carbocycles. The Morgan fingerprint density at radius 3 is 2.00 bits per heavy atom. The second-order valence-corrected chi connectivity index (χ2v) is 7.32. The minimum Gasteiger partial charge on any atom is -0.339 e. The third-order valence-electron chi connectivity index (χ3n) is 5.50. The zero-order valence-electron chi connectivity index (χ0n) is 16.5. The largest absolute Gasteiger partial charge is 0.339 e. The maximum atomic E-state index is 12.5. The standard InChI is InChI=1S/C22H22N4O4/c27-19(6-3-11-26-21(29)17-4-1-2-5-18(17)22(26)30)24-12-14-25(15-13-24)20(28)16-7-9-23-10-8-16/h1-2,4-5,7-10H,3,6,11-15H2. The van der Waals surface area contributed by atoms with Crippen molar-refractivity contribution in [3.63, 3.8) is 0 Å². The van der Waals surface area contributed by atoms with Crippen molar-refractivity contribution in [1.82, 2.24) is 19.7 Å². The lowest BCUT2D eigenvalue weighted by atomic mass is 10.1. The van der Waals surface area contributed by atoms with Crippen LogP contribution in [0.25, 0.3) is 0 Å². The summed E-state index contributed by atoms with van der Waals surface area (Å²) in [7, 11) is 0. The molecule has 0 spiro atoms. The summed E-state index contributed by atoms with van der Waals surface area (Å²) in [6.07, 6.45) is 3.84. The van der Waals surface area contributed by atoms with Crippen LogP contribution in [-0.2, 0) is 4.79 Å². The first-order chi connectivity index (χ1) is 14.6. The average Bonchev–Trinajstić information content (AvgIpc) is 3.04. The molecule has 1 saturated heterocycles. The molecule has 0 N–H and O–H groups in total. The van der Waals surface area contributed by atoms with E-state index < -0.39 is 0 Å². The fraction of sp³-hybridized carbons (Fsp3) is 0.318. The molecule has 8 heteroatoms. The van der Waals surface area contributed by atoms with Gasteiger partial charge in [0.05, 0.1) is 11.1 Å². The van der Waals surface area contributed by atoms with Gasteiger partial charge in [-0.2, -0.15) is 0 Å². The first-order valence-corrected chi connectivity index (χ1v) is 9.98. The minimum absolute atomic E-state index is 0.0254. The maximum absolute atomic E-state index is 12.5. The van der Waals surface area contributed by atoms with Gasteiger partial charge in [0.25, 0.3) is 17.7 Å². The summed E-state index contributed by atoms with van der Waals surface area (Å²) in [4.78, 5) is 58.3. The van der Waals surface area contributed by atoms with Gasteiger partial charge >= 0.3 is 0 Å². The van der Waals surface area contributed by atoms with Crippen LogP contribution in [0.15, 0.2) is 48.8 Å². The SMILES string of the molecule is O=C(CCCN1C(=O)c2ccccc2C1=O)N1CCN(C(=O)c2ccncc2)CC1. The van der Waals surface area contributed by atoms with E-state index in [2.05, 4.69) is 4.98 Å². The third-order valence-corrected chi connectivity index (χ3v) is 5.50. The lowest BCUT2D eigenvalue weighted by Crippen LogP contribution is -2.50. The first kappa shape index (κ1) is 19.8. The molecule has 1 aromatic carbocycles. The number of nitrogens with zero attached hydrogens (tertiary/aromatic N) is 4. The van der Waals surface area contributed by atoms with Gasteiger partial charge in [-0.25, -0.2) is 0 Å². The Morgan fingerprint density at radius 1 is 0.833 bits per heavy atom. The van der Waals surface area contributed by atoms with E-state index in [-0.39, 0.29) is 36.6 Å². The highest BCUT2D eigenvalue weighted by atomic mass is 16.2. The van der Waals surface area contributed by atoms with Crippen molar-refractivity contribution in [2.75, 3.05) is 32.7 Å². The fourth-order valence-electron chi connectivity index (χ4n) is 3.82. The molecule has 3 heterocycles. The molecule has 1 aromatic heterocycles. The molecular weight excluding hydrogens is 384 g/mol. The molecule has 0 saturated carbocycles. The van der Waals surface area contributed by atoms with Crippen molar-refractivity contribution in [3.8, 4) is 0 Å². The smallest absolute Gasteiger partial charge is 0.261 e. The predicted molar refractivity (Wildman–Crippen MR) is 108 cm³/mol. The summed E-state index contributed by atoms with van der Waals surface area (Å²) < 4.78 is 0. The summed E-state index contributed by atoms with van der Waals surface area (Å²) in [5, 5.41) is 0. The summed E-state index contributed by atoms with van der Waals surface area (Å²) in [5.74, 6) is -0.685. The zero-order chi connectivity index (χ0) is 21.1. The van der Waals surface area contributed by atoms with Crippen molar-refractivity contribution < 1.29 is 19.2 Å². The van der Waals surface area contributed by atoms with Crippen LogP contribution in [0.3, 0.4) is 0 Å². The molecule has 30 heavy (non-hydrogen) atoms. The van der Waals surface area contributed by atoms with E-state index in [4.69, 9.17) is 0 Å². The molecule has 2 aromatic rings. The summed E-state index contributed by atoms with van der Waals surface area (Å²) in [6, 6.07) is 10.1. The second kappa shape index (κ2) is 8.44. The van der Waals surface area contributed by atoms with Gasteiger partial charge in [0.15, 0.2) is 0 Å². The first-order valence-electron chi connectivity index (χ1n) is 9.98. The number of hydrogen-bond donors (Lipinski definition) is 0. The Bertz CT molecular complexity index is 949. The van der Waals surface area contributed by atoms with Crippen LogP contribution in [0.5, 0.6) is 0 Å². The predicted octanol–water partition coefficient (Wildman–Crippen LogP) is 1.44. The van der Waals surface area contributed by atoms with Gasteiger partial charge < -0.3 is 9.80 Å². The average molecular weight is 406 g/mol. The molecule has 8 nitrogen and oxygen atoms in total. The number of fused-ring (bicyclic) bond motifs is 1. The van der Waals surface area contributed by atoms with Gasteiger partial charge in [0, 0.05) is 57.1 Å². The molecule has 4 rings (SSSR count). The van der Waals surface area contributed by atoms with E-state index in [1.54, 1.807) is 58.6 Å². The van der Waals surface area contributed by atoms with Gasteiger partial charge in [-0.15, -0.1) is 0 Å². The number of piperazine rings is 1. The monoisotopic (exact) mass is 406 g/mol. The molecule has 154 valence electrons. The van der Waals surface area contributed by atoms with Gasteiger partial charge in [0.1, 0.15) is 0 Å². The Morgan fingerprint density at radius 2 is 1.40 bits per heavy atom. The van der Waals surface area contributed by atoms with Gasteiger partial charge in [-0.3, -0.25) is 29.1 Å². The van der Waals surface area contributed by atoms with E-state index in [0.29, 0.717) is 49.3 Å². The number of hydrogen-bond acceptors (Lipinski definition) is 5. The zero-order valence-corrected chi connectivity index (χ0v) is 16.5. The number of benzene rings is 1. The Kier molecular flexibility index (Phi) is 5.56. The number of pyridine rings is 1. The van der Waals surface area contributed by atoms with E-state index in [0.717, 1.165) is 0 Å². The van der Waals surface area contributed by atoms with Crippen molar-refractivity contribution in [2.24, 2.45) is 0 Å². The van der Waals surface area contributed by atoms with Crippen LogP contribution in [0.4, 0.5) is 0 Å². The topological polar surface area (TPSA) is 90.9 Å². The van der Waals surface area contributed by atoms with E-state index in [1.165, 1.54) is 4.90 Å². The second-order valence-electron chi connectivity index (χ2n) is 7.32. The lowest BCUT2D eigenvalue weighted by molar-refractivity contribution is -0.132. The van der Waals surface area contributed by atoms with Crippen LogP contribution in [0.2, 0.25) is 0 Å². The van der Waals surface area contributed by atoms with Gasteiger partial charge in [-0.1, -0.05) is 12.1 Å². The van der Waals surface area contributed by atoms with Crippen molar-refractivity contribution in [2.45, 2.75) is 12.8 Å². The van der Waals surface area contributed by atoms with Crippen LogP contribution in [0, 0.1) is 0 Å². The number of carbonyl (C=O) groups is 4. The molecule has 0 bridgehead atoms. The van der Waals surface area contributed by atoms with Gasteiger partial charge in [0.2, 0.25) is 5.91 Å². The Labute approximate surface area is 174 Å². The Balaban J connectivity index is 1.24. The van der Waals surface area contributed by atoms with E-state index in [1.807, 2.05) is 0 Å². The third kappa shape index (κ3) is 3.80. The molecular formula is C22H22N4O4. The van der Waals surface area contributed by atoms with Crippen LogP contribution < -0.4 is 0 Å². The molecule has 0 radical (unpaired) electrons. The summed E-state index contributed by atoms with van der Waals surface area (Å²) >= 11 is 0. The van der Waals surface area contributed by atoms with Crippen LogP contribution in [-0.4, -0.2) is 76.0 Å². The number of amides is 4. The highest BCUT2D eigenvalue weighted by Gasteiger charge is 2.34. The maximum Gasteiger partial charge on any atom is 0.261 e. The van der Waals surface area contributed by atoms with Gasteiger partial charge in [-0.05, 0) is 30.7 Å². The molecule has 1 fully saturated rings. The number of rotatable bonds is 5. The molecule has 4 amide bonds. The summed E-state index contributed by atoms with van der Waals surface area (Å²) in [6.45, 7) is 2.13. The van der Waals surface area contributed by atoms with E-state index in [9.17, 15) is 19.2 Å². The molecule has 2 aliphatic heterocycles. The van der Waals surface area contributed by atoms with Crippen LogP contribution >= 0.6 is 0 Å². The fourth-order valence-corrected chi connectivity index (χ4v) is 3.82. The van der Waals surface area contributed by atoms with Crippen molar-refractivity contribution in [3.05, 3.63) is 65.5 Å². The highest BCUT2D eigenvalue weighted by Crippen LogP contribution is 2.22. The summed E-state index contributed by atoms with van der Waals surface area (Å²) in [5.41, 5.74) is 1.43. The molecule has 0 atom stereocenters.